The maximum atomic E-state index is 13.1. The van der Waals surface area contributed by atoms with Crippen LogP contribution in [0.4, 0.5) is 5.69 Å². The Morgan fingerprint density at radius 3 is 2.31 bits per heavy atom. The third-order valence-corrected chi connectivity index (χ3v) is 8.90. The smallest absolute Gasteiger partial charge is 0.266 e. The van der Waals surface area contributed by atoms with E-state index in [4.69, 9.17) is 0 Å². The van der Waals surface area contributed by atoms with Crippen molar-refractivity contribution in [3.05, 3.63) is 46.2 Å². The van der Waals surface area contributed by atoms with Crippen LogP contribution in [0.25, 0.3) is 10.2 Å². The molecule has 1 saturated heterocycles. The number of benzene rings is 1. The van der Waals surface area contributed by atoms with Gasteiger partial charge in [-0.2, -0.15) is 4.31 Å². The number of nitrogens with one attached hydrogen (secondary N) is 1. The minimum absolute atomic E-state index is 0.239. The summed E-state index contributed by atoms with van der Waals surface area (Å²) < 4.78 is 27.7. The molecule has 0 saturated carbocycles. The molecule has 0 radical (unpaired) electrons. The highest BCUT2D eigenvalue weighted by atomic mass is 32.2. The van der Waals surface area contributed by atoms with Crippen LogP contribution in [-0.2, 0) is 10.0 Å². The van der Waals surface area contributed by atoms with Crippen molar-refractivity contribution in [1.29, 1.82) is 0 Å². The van der Waals surface area contributed by atoms with Gasteiger partial charge in [0.1, 0.15) is 10.7 Å². The number of hydrogen-bond acceptors (Lipinski definition) is 6. The molecule has 1 fully saturated rings. The van der Waals surface area contributed by atoms with Crippen molar-refractivity contribution in [1.82, 2.24) is 14.3 Å². The number of carbonyl (C=O) groups excluding carboxylic acids is 1. The number of amides is 1. The summed E-state index contributed by atoms with van der Waals surface area (Å²) in [5, 5.41) is 3.80. The number of anilines is 1. The van der Waals surface area contributed by atoms with Crippen LogP contribution in [0.5, 0.6) is 0 Å². The fourth-order valence-electron chi connectivity index (χ4n) is 4.54. The summed E-state index contributed by atoms with van der Waals surface area (Å²) >= 11 is 1.34. The fraction of sp³-hybridized carbons (Fsp3) is 0.435. The molecule has 2 unspecified atom stereocenters. The van der Waals surface area contributed by atoms with Crippen LogP contribution < -0.4 is 5.32 Å². The molecule has 7 nitrogen and oxygen atoms in total. The molecule has 0 bridgehead atoms. The number of piperidine rings is 1. The van der Waals surface area contributed by atoms with Crippen molar-refractivity contribution in [2.45, 2.75) is 45.9 Å². The molecule has 2 atom stereocenters. The van der Waals surface area contributed by atoms with E-state index in [0.29, 0.717) is 41.3 Å². The van der Waals surface area contributed by atoms with Gasteiger partial charge in [-0.25, -0.2) is 18.4 Å². The molecule has 9 heteroatoms. The van der Waals surface area contributed by atoms with Gasteiger partial charge in [-0.05, 0) is 68.9 Å². The minimum Gasteiger partial charge on any atom is -0.321 e. The van der Waals surface area contributed by atoms with E-state index >= 15 is 0 Å². The number of aryl methyl sites for hydroxylation is 3. The average molecular weight is 473 g/mol. The molecule has 3 aromatic rings. The molecule has 170 valence electrons. The molecule has 1 amide bonds. The molecule has 1 aliphatic heterocycles. The lowest BCUT2D eigenvalue weighted by atomic mass is 9.94. The van der Waals surface area contributed by atoms with Gasteiger partial charge in [-0.1, -0.05) is 13.8 Å². The third kappa shape index (κ3) is 4.29. The molecular formula is C23H28N4O3S2. The van der Waals surface area contributed by atoms with Crippen LogP contribution in [-0.4, -0.2) is 41.7 Å². The number of carbonyl (C=O) groups is 1. The fourth-order valence-corrected chi connectivity index (χ4v) is 7.39. The molecule has 1 aromatic carbocycles. The summed E-state index contributed by atoms with van der Waals surface area (Å²) in [5.74, 6) is 1.12. The second-order valence-corrected chi connectivity index (χ2v) is 11.8. The van der Waals surface area contributed by atoms with Crippen molar-refractivity contribution in [3.8, 4) is 0 Å². The first-order valence-electron chi connectivity index (χ1n) is 10.7. The highest BCUT2D eigenvalue weighted by Crippen LogP contribution is 2.32. The number of thiophene rings is 1. The lowest BCUT2D eigenvalue weighted by molar-refractivity contribution is 0.103. The lowest BCUT2D eigenvalue weighted by Gasteiger charge is -2.34. The Morgan fingerprint density at radius 1 is 1.06 bits per heavy atom. The van der Waals surface area contributed by atoms with Gasteiger partial charge >= 0.3 is 0 Å². The van der Waals surface area contributed by atoms with Crippen molar-refractivity contribution in [2.75, 3.05) is 18.4 Å². The van der Waals surface area contributed by atoms with E-state index in [1.807, 2.05) is 20.8 Å². The summed E-state index contributed by atoms with van der Waals surface area (Å²) in [5.41, 5.74) is 2.26. The van der Waals surface area contributed by atoms with Gasteiger partial charge in [0.05, 0.1) is 9.77 Å². The number of nitrogens with zero attached hydrogens (tertiary/aromatic N) is 3. The van der Waals surface area contributed by atoms with E-state index in [1.165, 1.54) is 11.3 Å². The van der Waals surface area contributed by atoms with Crippen LogP contribution in [0, 0.1) is 32.6 Å². The van der Waals surface area contributed by atoms with Crippen molar-refractivity contribution < 1.29 is 13.2 Å². The predicted molar refractivity (Wildman–Crippen MR) is 128 cm³/mol. The molecule has 4 rings (SSSR count). The molecule has 32 heavy (non-hydrogen) atoms. The predicted octanol–water partition coefficient (Wildman–Crippen LogP) is 4.54. The summed E-state index contributed by atoms with van der Waals surface area (Å²) in [4.78, 5) is 23.4. The normalized spacial score (nSPS) is 19.9. The van der Waals surface area contributed by atoms with Crippen LogP contribution in [0.3, 0.4) is 0 Å². The van der Waals surface area contributed by atoms with Crippen LogP contribution in [0.2, 0.25) is 0 Å². The molecule has 0 aliphatic carbocycles. The molecule has 1 N–H and O–H groups in total. The molecule has 0 spiro atoms. The zero-order valence-corrected chi connectivity index (χ0v) is 20.6. The van der Waals surface area contributed by atoms with Crippen LogP contribution in [0.15, 0.2) is 29.2 Å². The van der Waals surface area contributed by atoms with Crippen LogP contribution in [0.1, 0.15) is 47.0 Å². The lowest BCUT2D eigenvalue weighted by Crippen LogP contribution is -2.42. The van der Waals surface area contributed by atoms with E-state index in [2.05, 4.69) is 29.1 Å². The first-order chi connectivity index (χ1) is 15.1. The highest BCUT2D eigenvalue weighted by molar-refractivity contribution is 7.89. The zero-order valence-electron chi connectivity index (χ0n) is 19.0. The Balaban J connectivity index is 1.54. The van der Waals surface area contributed by atoms with Gasteiger partial charge < -0.3 is 5.32 Å². The summed E-state index contributed by atoms with van der Waals surface area (Å²) in [6, 6.07) is 6.40. The van der Waals surface area contributed by atoms with Gasteiger partial charge in [-0.3, -0.25) is 4.79 Å². The largest absolute Gasteiger partial charge is 0.321 e. The van der Waals surface area contributed by atoms with Gasteiger partial charge in [0, 0.05) is 29.9 Å². The summed E-state index contributed by atoms with van der Waals surface area (Å²) in [6.45, 7) is 10.9. The molecule has 2 aromatic heterocycles. The Kier molecular flexibility index (Phi) is 6.08. The van der Waals surface area contributed by atoms with Gasteiger partial charge in [0.15, 0.2) is 0 Å². The van der Waals surface area contributed by atoms with Crippen molar-refractivity contribution in [3.63, 3.8) is 0 Å². The number of hydrogen-bond donors (Lipinski definition) is 1. The van der Waals surface area contributed by atoms with Crippen molar-refractivity contribution >= 4 is 43.2 Å². The topological polar surface area (TPSA) is 92.3 Å². The second kappa shape index (κ2) is 8.53. The third-order valence-electron chi connectivity index (χ3n) is 5.87. The summed E-state index contributed by atoms with van der Waals surface area (Å²) in [7, 11) is -3.55. The number of rotatable bonds is 4. The molecule has 3 heterocycles. The Labute approximate surface area is 192 Å². The van der Waals surface area contributed by atoms with E-state index in [1.54, 1.807) is 28.6 Å². The first kappa shape index (κ1) is 22.8. The number of sulfonamides is 1. The average Bonchev–Trinajstić information content (AvgIpc) is 3.04. The van der Waals surface area contributed by atoms with Crippen LogP contribution >= 0.6 is 11.3 Å². The summed E-state index contributed by atoms with van der Waals surface area (Å²) in [6.07, 6.45) is 1.04. The first-order valence-corrected chi connectivity index (χ1v) is 13.0. The van der Waals surface area contributed by atoms with E-state index in [-0.39, 0.29) is 10.8 Å². The maximum Gasteiger partial charge on any atom is 0.266 e. The van der Waals surface area contributed by atoms with Gasteiger partial charge in [-0.15, -0.1) is 11.3 Å². The zero-order chi connectivity index (χ0) is 23.2. The second-order valence-electron chi connectivity index (χ2n) is 8.84. The number of aromatic nitrogens is 2. The van der Waals surface area contributed by atoms with E-state index in [9.17, 15) is 13.2 Å². The van der Waals surface area contributed by atoms with E-state index < -0.39 is 10.0 Å². The SMILES string of the molecule is Cc1nc(C)c2c(C)c(C(=O)Nc3ccc(S(=O)(=O)N4CC(C)CC(C)C4)cc3)sc2n1. The molecule has 1 aliphatic rings. The standard InChI is InChI=1S/C23H28N4O3S2/c1-13-10-14(2)12-27(11-13)32(29,30)19-8-6-18(7-9-19)26-22(28)21-15(3)20-16(4)24-17(5)25-23(20)31-21/h6-9,13-14H,10-12H2,1-5H3,(H,26,28). The highest BCUT2D eigenvalue weighted by Gasteiger charge is 2.31. The Bertz CT molecular complexity index is 1270. The van der Waals surface area contributed by atoms with Gasteiger partial charge in [0.2, 0.25) is 10.0 Å². The van der Waals surface area contributed by atoms with Gasteiger partial charge in [0.25, 0.3) is 5.91 Å². The van der Waals surface area contributed by atoms with E-state index in [0.717, 1.165) is 27.9 Å². The quantitative estimate of drug-likeness (QED) is 0.602. The minimum atomic E-state index is -3.55. The van der Waals surface area contributed by atoms with Crippen molar-refractivity contribution in [2.24, 2.45) is 11.8 Å². The number of fused-ring (bicyclic) bond motifs is 1. The molecular weight excluding hydrogens is 444 g/mol. The maximum absolute atomic E-state index is 13.1. The Morgan fingerprint density at radius 2 is 1.69 bits per heavy atom. The Hall–Kier alpha value is -2.36. The monoisotopic (exact) mass is 472 g/mol.